The SMILES string of the molecule is O=C(O)CNC(=O)c1ccc(CN2CCC(CNC3CC3)CC2)cc1. The van der Waals surface area contributed by atoms with Gasteiger partial charge in [-0.2, -0.15) is 0 Å². The van der Waals surface area contributed by atoms with Crippen LogP contribution in [0.2, 0.25) is 0 Å². The molecule has 1 aromatic rings. The van der Waals surface area contributed by atoms with Gasteiger partial charge in [0.1, 0.15) is 6.54 Å². The Morgan fingerprint density at radius 3 is 2.36 bits per heavy atom. The largest absolute Gasteiger partial charge is 0.480 e. The summed E-state index contributed by atoms with van der Waals surface area (Å²) in [6.45, 7) is 3.96. The minimum absolute atomic E-state index is 0.349. The lowest BCUT2D eigenvalue weighted by molar-refractivity contribution is -0.135. The predicted molar refractivity (Wildman–Crippen MR) is 95.4 cm³/mol. The van der Waals surface area contributed by atoms with Gasteiger partial charge in [-0.25, -0.2) is 0 Å². The van der Waals surface area contributed by atoms with Gasteiger partial charge >= 0.3 is 5.97 Å². The first kappa shape index (κ1) is 17.9. The molecule has 1 aliphatic carbocycles. The summed E-state index contributed by atoms with van der Waals surface area (Å²) < 4.78 is 0. The fourth-order valence-corrected chi connectivity index (χ4v) is 3.25. The summed E-state index contributed by atoms with van der Waals surface area (Å²) in [5.41, 5.74) is 1.68. The molecule has 3 rings (SSSR count). The van der Waals surface area contributed by atoms with Crippen LogP contribution in [0.5, 0.6) is 0 Å². The van der Waals surface area contributed by atoms with Gasteiger partial charge in [0.05, 0.1) is 0 Å². The molecule has 0 radical (unpaired) electrons. The molecule has 0 aromatic heterocycles. The van der Waals surface area contributed by atoms with Crippen LogP contribution in [0.15, 0.2) is 24.3 Å². The van der Waals surface area contributed by atoms with Crippen molar-refractivity contribution in [2.45, 2.75) is 38.3 Å². The summed E-state index contributed by atoms with van der Waals surface area (Å²) in [5, 5.41) is 14.6. The Morgan fingerprint density at radius 1 is 1.08 bits per heavy atom. The van der Waals surface area contributed by atoms with Crippen molar-refractivity contribution in [3.8, 4) is 0 Å². The number of hydrogen-bond acceptors (Lipinski definition) is 4. The van der Waals surface area contributed by atoms with Gasteiger partial charge < -0.3 is 15.7 Å². The quantitative estimate of drug-likeness (QED) is 0.665. The van der Waals surface area contributed by atoms with Gasteiger partial charge in [0.25, 0.3) is 5.91 Å². The normalized spacial score (nSPS) is 18.9. The maximum absolute atomic E-state index is 11.8. The lowest BCUT2D eigenvalue weighted by Crippen LogP contribution is -2.37. The highest BCUT2D eigenvalue weighted by Crippen LogP contribution is 2.22. The number of aliphatic carboxylic acids is 1. The second-order valence-corrected chi connectivity index (χ2v) is 7.18. The first-order chi connectivity index (χ1) is 12.1. The Bertz CT molecular complexity index is 590. The third-order valence-corrected chi connectivity index (χ3v) is 5.00. The van der Waals surface area contributed by atoms with E-state index in [-0.39, 0.29) is 12.5 Å². The Labute approximate surface area is 148 Å². The second kappa shape index (κ2) is 8.45. The van der Waals surface area contributed by atoms with E-state index in [0.717, 1.165) is 31.6 Å². The molecule has 0 unspecified atom stereocenters. The van der Waals surface area contributed by atoms with Crippen LogP contribution >= 0.6 is 0 Å². The molecule has 6 heteroatoms. The molecule has 1 amide bonds. The Kier molecular flexibility index (Phi) is 6.04. The molecule has 2 fully saturated rings. The van der Waals surface area contributed by atoms with Crippen LogP contribution in [0, 0.1) is 5.92 Å². The molecule has 136 valence electrons. The van der Waals surface area contributed by atoms with Crippen LogP contribution < -0.4 is 10.6 Å². The number of hydrogen-bond donors (Lipinski definition) is 3. The van der Waals surface area contributed by atoms with Gasteiger partial charge in [0.2, 0.25) is 0 Å². The van der Waals surface area contributed by atoms with Crippen LogP contribution in [0.25, 0.3) is 0 Å². The zero-order valence-electron chi connectivity index (χ0n) is 14.5. The van der Waals surface area contributed by atoms with E-state index in [2.05, 4.69) is 15.5 Å². The van der Waals surface area contributed by atoms with Gasteiger partial charge in [0.15, 0.2) is 0 Å². The average Bonchev–Trinajstić information content (AvgIpc) is 3.44. The van der Waals surface area contributed by atoms with Crippen molar-refractivity contribution in [3.63, 3.8) is 0 Å². The number of carboxylic acid groups (broad SMARTS) is 1. The van der Waals surface area contributed by atoms with Crippen LogP contribution in [0.1, 0.15) is 41.6 Å². The zero-order chi connectivity index (χ0) is 17.6. The number of nitrogens with zero attached hydrogens (tertiary/aromatic N) is 1. The maximum Gasteiger partial charge on any atom is 0.322 e. The van der Waals surface area contributed by atoms with E-state index in [1.54, 1.807) is 12.1 Å². The summed E-state index contributed by atoms with van der Waals surface area (Å²) in [6, 6.07) is 8.23. The van der Waals surface area contributed by atoms with E-state index < -0.39 is 5.97 Å². The zero-order valence-corrected chi connectivity index (χ0v) is 14.5. The first-order valence-electron chi connectivity index (χ1n) is 9.15. The van der Waals surface area contributed by atoms with Crippen LogP contribution in [-0.4, -0.2) is 54.1 Å². The number of piperidine rings is 1. The molecule has 2 aliphatic rings. The van der Waals surface area contributed by atoms with Crippen molar-refractivity contribution in [1.82, 2.24) is 15.5 Å². The molecule has 0 bridgehead atoms. The molecule has 25 heavy (non-hydrogen) atoms. The molecule has 1 aromatic carbocycles. The highest BCUT2D eigenvalue weighted by atomic mass is 16.4. The number of carbonyl (C=O) groups excluding carboxylic acids is 1. The number of amides is 1. The topological polar surface area (TPSA) is 81.7 Å². The van der Waals surface area contributed by atoms with Crippen molar-refractivity contribution < 1.29 is 14.7 Å². The molecule has 6 nitrogen and oxygen atoms in total. The van der Waals surface area contributed by atoms with Gasteiger partial charge in [-0.15, -0.1) is 0 Å². The summed E-state index contributed by atoms with van der Waals surface area (Å²) in [7, 11) is 0. The third kappa shape index (κ3) is 5.83. The molecular weight excluding hydrogens is 318 g/mol. The van der Waals surface area contributed by atoms with Crippen molar-refractivity contribution in [3.05, 3.63) is 35.4 Å². The van der Waals surface area contributed by atoms with Crippen molar-refractivity contribution >= 4 is 11.9 Å². The van der Waals surface area contributed by atoms with Gasteiger partial charge in [-0.05, 0) is 68.9 Å². The lowest BCUT2D eigenvalue weighted by Gasteiger charge is -2.32. The van der Waals surface area contributed by atoms with Crippen molar-refractivity contribution in [2.75, 3.05) is 26.2 Å². The average molecular weight is 345 g/mol. The third-order valence-electron chi connectivity index (χ3n) is 5.00. The Balaban J connectivity index is 1.40. The minimum Gasteiger partial charge on any atom is -0.480 e. The highest BCUT2D eigenvalue weighted by Gasteiger charge is 2.24. The molecule has 1 heterocycles. The fourth-order valence-electron chi connectivity index (χ4n) is 3.25. The maximum atomic E-state index is 11.8. The van der Waals surface area contributed by atoms with E-state index in [1.807, 2.05) is 12.1 Å². The smallest absolute Gasteiger partial charge is 0.322 e. The number of nitrogens with one attached hydrogen (secondary N) is 2. The van der Waals surface area contributed by atoms with E-state index in [0.29, 0.717) is 5.56 Å². The molecule has 1 saturated heterocycles. The van der Waals surface area contributed by atoms with Crippen LogP contribution in [0.4, 0.5) is 0 Å². The van der Waals surface area contributed by atoms with E-state index in [4.69, 9.17) is 5.11 Å². The molecule has 0 spiro atoms. The monoisotopic (exact) mass is 345 g/mol. The number of carboxylic acids is 1. The van der Waals surface area contributed by atoms with E-state index in [1.165, 1.54) is 37.8 Å². The summed E-state index contributed by atoms with van der Waals surface area (Å²) in [4.78, 5) is 24.8. The van der Waals surface area contributed by atoms with Crippen LogP contribution in [-0.2, 0) is 11.3 Å². The molecule has 3 N–H and O–H groups in total. The Morgan fingerprint density at radius 2 is 1.76 bits per heavy atom. The first-order valence-corrected chi connectivity index (χ1v) is 9.15. The second-order valence-electron chi connectivity index (χ2n) is 7.18. The molecule has 0 atom stereocenters. The van der Waals surface area contributed by atoms with Gasteiger partial charge in [-0.3, -0.25) is 14.5 Å². The van der Waals surface area contributed by atoms with Gasteiger partial charge in [-0.1, -0.05) is 12.1 Å². The summed E-state index contributed by atoms with van der Waals surface area (Å²) in [5.74, 6) is -0.587. The molecular formula is C19H27N3O3. The lowest BCUT2D eigenvalue weighted by atomic mass is 9.96. The Hall–Kier alpha value is -1.92. The number of likely N-dealkylation sites (tertiary alicyclic amines) is 1. The fraction of sp³-hybridized carbons (Fsp3) is 0.579. The molecule has 1 saturated carbocycles. The number of carbonyl (C=O) groups is 2. The van der Waals surface area contributed by atoms with Crippen LogP contribution in [0.3, 0.4) is 0 Å². The van der Waals surface area contributed by atoms with E-state index >= 15 is 0 Å². The van der Waals surface area contributed by atoms with Gasteiger partial charge in [0, 0.05) is 18.2 Å². The predicted octanol–water partition coefficient (Wildman–Crippen LogP) is 1.46. The number of benzene rings is 1. The van der Waals surface area contributed by atoms with Crippen molar-refractivity contribution in [2.24, 2.45) is 5.92 Å². The number of rotatable bonds is 8. The highest BCUT2D eigenvalue weighted by molar-refractivity contribution is 5.95. The summed E-state index contributed by atoms with van der Waals surface area (Å²) in [6.07, 6.45) is 5.19. The molecule has 1 aliphatic heterocycles. The van der Waals surface area contributed by atoms with Crippen molar-refractivity contribution in [1.29, 1.82) is 0 Å². The minimum atomic E-state index is -1.04. The standard InChI is InChI=1S/C19H27N3O3/c23-18(24)12-21-19(25)16-3-1-15(2-4-16)13-22-9-7-14(8-10-22)11-20-17-5-6-17/h1-4,14,17,20H,5-13H2,(H,21,25)(H,23,24). The summed E-state index contributed by atoms with van der Waals surface area (Å²) >= 11 is 0. The van der Waals surface area contributed by atoms with E-state index in [9.17, 15) is 9.59 Å².